The number of carbonyl (C=O) groups is 1. The van der Waals surface area contributed by atoms with Crippen LogP contribution in [-0.4, -0.2) is 48.1 Å². The van der Waals surface area contributed by atoms with Crippen LogP contribution in [0.4, 0.5) is 10.1 Å². The van der Waals surface area contributed by atoms with E-state index < -0.39 is 5.82 Å². The fourth-order valence-electron chi connectivity index (χ4n) is 4.68. The Morgan fingerprint density at radius 1 is 0.976 bits per heavy atom. The van der Waals surface area contributed by atoms with Crippen LogP contribution < -0.4 is 10.1 Å². The Morgan fingerprint density at radius 3 is 2.61 bits per heavy atom. The van der Waals surface area contributed by atoms with E-state index in [1.807, 2.05) is 32.9 Å². The molecular weight excluding hydrogens is 523 g/mol. The first-order valence-electron chi connectivity index (χ1n) is 13.0. The molecule has 11 heteroatoms. The van der Waals surface area contributed by atoms with Crippen molar-refractivity contribution in [3.63, 3.8) is 0 Å². The van der Waals surface area contributed by atoms with Gasteiger partial charge in [0.05, 0.1) is 53.6 Å². The third-order valence-electron chi connectivity index (χ3n) is 6.49. The molecule has 41 heavy (non-hydrogen) atoms. The van der Waals surface area contributed by atoms with Gasteiger partial charge < -0.3 is 15.0 Å². The lowest BCUT2D eigenvalue weighted by molar-refractivity contribution is -0.117. The van der Waals surface area contributed by atoms with E-state index >= 15 is 0 Å². The Kier molecular flexibility index (Phi) is 6.41. The summed E-state index contributed by atoms with van der Waals surface area (Å²) in [4.78, 5) is 33.8. The summed E-state index contributed by atoms with van der Waals surface area (Å²) in [7, 11) is 1.49. The van der Waals surface area contributed by atoms with Crippen molar-refractivity contribution < 1.29 is 13.9 Å². The Bertz CT molecular complexity index is 1920. The van der Waals surface area contributed by atoms with E-state index in [0.29, 0.717) is 57.2 Å². The molecule has 0 aliphatic heterocycles. The summed E-state index contributed by atoms with van der Waals surface area (Å²) in [5.74, 6) is 0.422. The Balaban J connectivity index is 1.37. The molecule has 0 aliphatic carbocycles. The molecule has 206 valence electrons. The van der Waals surface area contributed by atoms with E-state index in [4.69, 9.17) is 9.72 Å². The number of rotatable bonds is 6. The van der Waals surface area contributed by atoms with Gasteiger partial charge in [-0.2, -0.15) is 5.10 Å². The predicted molar refractivity (Wildman–Crippen MR) is 155 cm³/mol. The molecule has 10 nitrogen and oxygen atoms in total. The fourth-order valence-corrected chi connectivity index (χ4v) is 4.68. The van der Waals surface area contributed by atoms with Gasteiger partial charge in [0.25, 0.3) is 0 Å². The van der Waals surface area contributed by atoms with Crippen LogP contribution >= 0.6 is 0 Å². The van der Waals surface area contributed by atoms with E-state index in [0.717, 1.165) is 16.5 Å². The molecule has 6 aromatic rings. The molecule has 0 fully saturated rings. The summed E-state index contributed by atoms with van der Waals surface area (Å²) in [6.45, 7) is 6.04. The average Bonchev–Trinajstić information content (AvgIpc) is 3.55. The van der Waals surface area contributed by atoms with Gasteiger partial charge in [0, 0.05) is 41.4 Å². The summed E-state index contributed by atoms with van der Waals surface area (Å²) >= 11 is 0. The lowest BCUT2D eigenvalue weighted by Gasteiger charge is -2.17. The van der Waals surface area contributed by atoms with Crippen LogP contribution in [0, 0.1) is 11.2 Å². The maximum absolute atomic E-state index is 14.3. The summed E-state index contributed by atoms with van der Waals surface area (Å²) in [6.07, 6.45) is 8.70. The van der Waals surface area contributed by atoms with E-state index in [9.17, 15) is 9.18 Å². The number of anilines is 1. The topological polar surface area (TPSA) is 134 Å². The molecule has 5 heterocycles. The smallest absolute Gasteiger partial charge is 0.224 e. The largest absolute Gasteiger partial charge is 0.497 e. The third kappa shape index (κ3) is 5.33. The van der Waals surface area contributed by atoms with Gasteiger partial charge in [-0.05, 0) is 35.2 Å². The number of aromatic amines is 2. The first-order chi connectivity index (χ1) is 19.7. The van der Waals surface area contributed by atoms with Crippen LogP contribution in [0.15, 0.2) is 61.3 Å². The highest BCUT2D eigenvalue weighted by Crippen LogP contribution is 2.33. The van der Waals surface area contributed by atoms with E-state index in [2.05, 4.69) is 35.5 Å². The zero-order chi connectivity index (χ0) is 28.7. The van der Waals surface area contributed by atoms with Crippen LogP contribution in [0.2, 0.25) is 0 Å². The third-order valence-corrected chi connectivity index (χ3v) is 6.49. The lowest BCUT2D eigenvalue weighted by Crippen LogP contribution is -2.19. The fraction of sp³-hybridized carbons (Fsp3) is 0.200. The monoisotopic (exact) mass is 550 g/mol. The maximum atomic E-state index is 14.3. The normalized spacial score (nSPS) is 11.7. The number of methoxy groups -OCH3 is 1. The highest BCUT2D eigenvalue weighted by molar-refractivity contribution is 5.97. The second-order valence-corrected chi connectivity index (χ2v) is 11.0. The molecule has 0 aliphatic rings. The number of carbonyl (C=O) groups excluding carboxylic acids is 1. The predicted octanol–water partition coefficient (Wildman–Crippen LogP) is 6.15. The molecule has 6 rings (SSSR count). The Hall–Kier alpha value is -5.19. The van der Waals surface area contributed by atoms with Gasteiger partial charge in [0.1, 0.15) is 17.3 Å². The maximum Gasteiger partial charge on any atom is 0.224 e. The Labute approximate surface area is 234 Å². The second kappa shape index (κ2) is 10.1. The zero-order valence-electron chi connectivity index (χ0n) is 22.9. The minimum absolute atomic E-state index is 0.0765. The van der Waals surface area contributed by atoms with Crippen LogP contribution in [0.25, 0.3) is 55.8 Å². The van der Waals surface area contributed by atoms with E-state index in [1.54, 1.807) is 37.1 Å². The van der Waals surface area contributed by atoms with Gasteiger partial charge in [0.2, 0.25) is 5.91 Å². The van der Waals surface area contributed by atoms with Gasteiger partial charge in [-0.15, -0.1) is 0 Å². The average molecular weight is 551 g/mol. The zero-order valence-corrected chi connectivity index (χ0v) is 22.9. The number of amides is 1. The molecule has 0 spiro atoms. The minimum Gasteiger partial charge on any atom is -0.497 e. The van der Waals surface area contributed by atoms with Crippen molar-refractivity contribution in [2.45, 2.75) is 27.2 Å². The van der Waals surface area contributed by atoms with E-state index in [-0.39, 0.29) is 11.3 Å². The number of halogens is 1. The van der Waals surface area contributed by atoms with Gasteiger partial charge in [-0.25, -0.2) is 9.37 Å². The summed E-state index contributed by atoms with van der Waals surface area (Å²) in [6, 6.07) is 8.22. The molecule has 3 N–H and O–H groups in total. The van der Waals surface area contributed by atoms with Gasteiger partial charge in [-0.1, -0.05) is 20.8 Å². The molecule has 1 amide bonds. The lowest BCUT2D eigenvalue weighted by atomic mass is 9.92. The summed E-state index contributed by atoms with van der Waals surface area (Å²) in [5.41, 5.74) is 5.72. The van der Waals surface area contributed by atoms with Crippen molar-refractivity contribution in [2.24, 2.45) is 5.41 Å². The number of hydrogen-bond donors (Lipinski definition) is 3. The van der Waals surface area contributed by atoms with Crippen LogP contribution in [-0.2, 0) is 4.79 Å². The highest BCUT2D eigenvalue weighted by atomic mass is 19.1. The SMILES string of the molecule is COc1cc(F)cc(-c2cncc3[nH]c(-c4n[nH]c5cnc(-c6cncc(NC(=O)CC(C)(C)C)c6)cc45)nc23)c1. The number of nitrogens with one attached hydrogen (secondary N) is 3. The van der Waals surface area contributed by atoms with Crippen molar-refractivity contribution in [1.29, 1.82) is 0 Å². The number of nitrogens with zero attached hydrogens (tertiary/aromatic N) is 5. The van der Waals surface area contributed by atoms with Crippen LogP contribution in [0.3, 0.4) is 0 Å². The number of benzene rings is 1. The minimum atomic E-state index is -0.419. The molecule has 0 atom stereocenters. The van der Waals surface area contributed by atoms with Crippen molar-refractivity contribution in [2.75, 3.05) is 12.4 Å². The number of hydrogen-bond acceptors (Lipinski definition) is 7. The first-order valence-corrected chi connectivity index (χ1v) is 13.0. The molecule has 0 bridgehead atoms. The molecule has 0 unspecified atom stereocenters. The molecular formula is C30H27FN8O2. The number of fused-ring (bicyclic) bond motifs is 2. The molecule has 0 saturated carbocycles. The molecule has 0 saturated heterocycles. The first kappa shape index (κ1) is 26.1. The summed E-state index contributed by atoms with van der Waals surface area (Å²) in [5, 5.41) is 11.2. The molecule has 0 radical (unpaired) electrons. The van der Waals surface area contributed by atoms with Crippen LogP contribution in [0.1, 0.15) is 27.2 Å². The van der Waals surface area contributed by atoms with Crippen molar-refractivity contribution in [3.05, 3.63) is 67.1 Å². The Morgan fingerprint density at radius 2 is 1.80 bits per heavy atom. The van der Waals surface area contributed by atoms with Crippen LogP contribution in [0.5, 0.6) is 5.75 Å². The number of imidazole rings is 1. The standard InChI is InChI=1S/C30H27FN8O2/c1-30(2,3)10-26(40)35-19-6-17(11-32-12-19)23-9-21-24(15-34-23)38-39-28(21)29-36-25-14-33-13-22(27(25)37-29)16-5-18(31)8-20(7-16)41-4/h5-9,11-15H,10H2,1-4H3,(H,35,40)(H,36,37)(H,38,39). The number of ether oxygens (including phenoxy) is 1. The highest BCUT2D eigenvalue weighted by Gasteiger charge is 2.19. The van der Waals surface area contributed by atoms with Crippen molar-refractivity contribution >= 4 is 33.5 Å². The van der Waals surface area contributed by atoms with Gasteiger partial charge in [0.15, 0.2) is 5.82 Å². The van der Waals surface area contributed by atoms with Crippen molar-refractivity contribution in [1.82, 2.24) is 35.1 Å². The van der Waals surface area contributed by atoms with Gasteiger partial charge >= 0.3 is 0 Å². The van der Waals surface area contributed by atoms with Crippen molar-refractivity contribution in [3.8, 4) is 39.7 Å². The molecule has 5 aromatic heterocycles. The summed E-state index contributed by atoms with van der Waals surface area (Å²) < 4.78 is 19.5. The second-order valence-electron chi connectivity index (χ2n) is 11.0. The van der Waals surface area contributed by atoms with Gasteiger partial charge in [-0.3, -0.25) is 24.8 Å². The quantitative estimate of drug-likeness (QED) is 0.226. The molecule has 1 aromatic carbocycles. The number of H-pyrrole nitrogens is 2. The van der Waals surface area contributed by atoms with E-state index in [1.165, 1.54) is 19.2 Å². The number of aromatic nitrogens is 7. The number of pyridine rings is 3.